The molecule has 0 aliphatic rings. The van der Waals surface area contributed by atoms with Crippen LogP contribution in [0.3, 0.4) is 0 Å². The van der Waals surface area contributed by atoms with E-state index in [1.807, 2.05) is 46.8 Å². The molecule has 2 atom stereocenters. The van der Waals surface area contributed by atoms with Crippen molar-refractivity contribution in [3.05, 3.63) is 35.0 Å². The first-order valence-electron chi connectivity index (χ1n) is 10.8. The Morgan fingerprint density at radius 3 is 2.38 bits per heavy atom. The van der Waals surface area contributed by atoms with Crippen molar-refractivity contribution in [2.45, 2.75) is 59.4 Å². The zero-order valence-electron chi connectivity index (χ0n) is 19.8. The highest BCUT2D eigenvalue weighted by molar-refractivity contribution is 5.78. The molecule has 0 fully saturated rings. The lowest BCUT2D eigenvalue weighted by Gasteiger charge is -2.17. The van der Waals surface area contributed by atoms with Gasteiger partial charge in [-0.1, -0.05) is 5.16 Å². The highest BCUT2D eigenvalue weighted by atomic mass is 16.5. The molecule has 2 aromatic heterocycles. The van der Waals surface area contributed by atoms with E-state index in [-0.39, 0.29) is 31.0 Å². The molecule has 11 heteroatoms. The molecule has 0 saturated heterocycles. The van der Waals surface area contributed by atoms with Crippen LogP contribution < -0.4 is 15.2 Å². The van der Waals surface area contributed by atoms with Gasteiger partial charge in [0.1, 0.15) is 24.2 Å². The lowest BCUT2D eigenvalue weighted by molar-refractivity contribution is -0.127. The summed E-state index contributed by atoms with van der Waals surface area (Å²) in [4.78, 5) is 24.0. The molecule has 182 valence electrons. The maximum Gasteiger partial charge on any atom is 0.317 e. The average Bonchev–Trinajstić information content (AvgIpc) is 3.22. The van der Waals surface area contributed by atoms with Gasteiger partial charge >= 0.3 is 6.01 Å². The van der Waals surface area contributed by atoms with Gasteiger partial charge in [0.2, 0.25) is 11.7 Å². The van der Waals surface area contributed by atoms with Crippen molar-refractivity contribution in [2.75, 3.05) is 6.61 Å². The zero-order valence-corrected chi connectivity index (χ0v) is 19.8. The molecule has 1 amide bonds. The second-order valence-corrected chi connectivity index (χ2v) is 8.32. The van der Waals surface area contributed by atoms with E-state index in [0.29, 0.717) is 28.5 Å². The van der Waals surface area contributed by atoms with Crippen LogP contribution in [0.4, 0.5) is 0 Å². The predicted molar refractivity (Wildman–Crippen MR) is 122 cm³/mol. The summed E-state index contributed by atoms with van der Waals surface area (Å²) in [6.07, 6.45) is -2.76. The van der Waals surface area contributed by atoms with E-state index in [4.69, 9.17) is 19.7 Å². The van der Waals surface area contributed by atoms with E-state index >= 15 is 0 Å². The molecule has 0 bridgehead atoms. The average molecular weight is 472 g/mol. The number of hydrogen-bond acceptors (Lipinski definition) is 10. The van der Waals surface area contributed by atoms with E-state index in [9.17, 15) is 15.0 Å². The summed E-state index contributed by atoms with van der Waals surface area (Å²) in [5.74, 6) is 0.291. The number of ether oxygens (including phenoxy) is 2. The van der Waals surface area contributed by atoms with Crippen LogP contribution in [-0.4, -0.2) is 61.1 Å². The quantitative estimate of drug-likeness (QED) is 0.397. The summed E-state index contributed by atoms with van der Waals surface area (Å²) in [6.45, 7) is 9.19. The third-order valence-corrected chi connectivity index (χ3v) is 4.78. The number of primary amides is 1. The minimum atomic E-state index is -1.43. The number of nitrogens with two attached hydrogens (primary N) is 1. The van der Waals surface area contributed by atoms with Crippen molar-refractivity contribution in [3.8, 4) is 34.7 Å². The highest BCUT2D eigenvalue weighted by Gasteiger charge is 2.19. The second-order valence-electron chi connectivity index (χ2n) is 8.32. The zero-order chi connectivity index (χ0) is 25.0. The summed E-state index contributed by atoms with van der Waals surface area (Å²) in [5, 5.41) is 23.6. The fraction of sp³-hybridized carbons (Fsp3) is 0.435. The normalized spacial score (nSPS) is 13.1. The molecular weight excluding hydrogens is 442 g/mol. The van der Waals surface area contributed by atoms with Crippen LogP contribution in [0.15, 0.2) is 22.7 Å². The van der Waals surface area contributed by atoms with Gasteiger partial charge in [-0.3, -0.25) is 4.79 Å². The SMILES string of the molecule is Cc1cc(-c2nc(-c3cc(C)c(OC[C@H](O)CC(O)C(N)=O)c(C)c3)no2)nc(OC(C)C)n1. The van der Waals surface area contributed by atoms with E-state index in [2.05, 4.69) is 20.1 Å². The number of aliphatic hydroxyl groups is 2. The first-order valence-corrected chi connectivity index (χ1v) is 10.8. The molecule has 11 nitrogen and oxygen atoms in total. The summed E-state index contributed by atoms with van der Waals surface area (Å²) < 4.78 is 16.7. The Hall–Kier alpha value is -3.57. The van der Waals surface area contributed by atoms with Crippen molar-refractivity contribution in [1.82, 2.24) is 20.1 Å². The van der Waals surface area contributed by atoms with E-state index < -0.39 is 18.1 Å². The van der Waals surface area contributed by atoms with Crippen molar-refractivity contribution in [1.29, 1.82) is 0 Å². The maximum atomic E-state index is 10.9. The Balaban J connectivity index is 1.77. The fourth-order valence-corrected chi connectivity index (χ4v) is 3.29. The van der Waals surface area contributed by atoms with Crippen molar-refractivity contribution >= 4 is 5.91 Å². The molecule has 2 heterocycles. The number of carbonyl (C=O) groups excluding carboxylic acids is 1. The van der Waals surface area contributed by atoms with Crippen LogP contribution in [0, 0.1) is 20.8 Å². The molecule has 0 aliphatic heterocycles. The Kier molecular flexibility index (Phi) is 7.79. The third kappa shape index (κ3) is 6.27. The molecular formula is C23H29N5O6. The lowest BCUT2D eigenvalue weighted by Crippen LogP contribution is -2.33. The summed E-state index contributed by atoms with van der Waals surface area (Å²) in [7, 11) is 0. The molecule has 1 aromatic carbocycles. The van der Waals surface area contributed by atoms with Gasteiger partial charge in [0.25, 0.3) is 5.89 Å². The Morgan fingerprint density at radius 1 is 1.09 bits per heavy atom. The van der Waals surface area contributed by atoms with Crippen molar-refractivity contribution in [2.24, 2.45) is 5.73 Å². The monoisotopic (exact) mass is 471 g/mol. The number of rotatable bonds is 10. The van der Waals surface area contributed by atoms with Crippen LogP contribution in [0.1, 0.15) is 37.1 Å². The van der Waals surface area contributed by atoms with Crippen LogP contribution >= 0.6 is 0 Å². The minimum absolute atomic E-state index is 0.0751. The second kappa shape index (κ2) is 10.6. The molecule has 0 saturated carbocycles. The Morgan fingerprint density at radius 2 is 1.76 bits per heavy atom. The summed E-state index contributed by atoms with van der Waals surface area (Å²) >= 11 is 0. The molecule has 0 spiro atoms. The van der Waals surface area contributed by atoms with E-state index in [1.54, 1.807) is 6.07 Å². The number of amides is 1. The molecule has 4 N–H and O–H groups in total. The first-order chi connectivity index (χ1) is 16.0. The number of nitrogens with zero attached hydrogens (tertiary/aromatic N) is 4. The van der Waals surface area contributed by atoms with Gasteiger partial charge in [-0.25, -0.2) is 4.98 Å². The summed E-state index contributed by atoms with van der Waals surface area (Å²) in [5.41, 5.74) is 8.47. The number of benzene rings is 1. The number of aromatic nitrogens is 4. The first kappa shape index (κ1) is 25.1. The fourth-order valence-electron chi connectivity index (χ4n) is 3.29. The lowest BCUT2D eigenvalue weighted by atomic mass is 10.1. The number of aryl methyl sites for hydroxylation is 3. The van der Waals surface area contributed by atoms with Gasteiger partial charge in [0, 0.05) is 17.7 Å². The van der Waals surface area contributed by atoms with Gasteiger partial charge in [-0.15, -0.1) is 0 Å². The standard InChI is InChI=1S/C23H29N5O6/c1-11(2)33-23-25-14(5)8-17(26-23)22-27-21(28-34-22)15-6-12(3)19(13(4)7-15)32-10-16(29)9-18(30)20(24)31/h6-8,11,16,18,29-30H,9-10H2,1-5H3,(H2,24,31)/t16-,18?/m1/s1. The largest absolute Gasteiger partial charge is 0.490 e. The highest BCUT2D eigenvalue weighted by Crippen LogP contribution is 2.30. The molecule has 0 aliphatic carbocycles. The number of hydrogen-bond donors (Lipinski definition) is 3. The topological polar surface area (TPSA) is 167 Å². The Bertz CT molecular complexity index is 1140. The number of aliphatic hydroxyl groups excluding tert-OH is 2. The molecule has 0 radical (unpaired) electrons. The molecule has 1 unspecified atom stereocenters. The van der Waals surface area contributed by atoms with Crippen molar-refractivity contribution < 1.29 is 29.0 Å². The third-order valence-electron chi connectivity index (χ3n) is 4.78. The smallest absolute Gasteiger partial charge is 0.317 e. The van der Waals surface area contributed by atoms with E-state index in [0.717, 1.165) is 11.1 Å². The van der Waals surface area contributed by atoms with Crippen LogP contribution in [-0.2, 0) is 4.79 Å². The van der Waals surface area contributed by atoms with Gasteiger partial charge in [-0.05, 0) is 63.9 Å². The van der Waals surface area contributed by atoms with Gasteiger partial charge < -0.3 is 29.9 Å². The van der Waals surface area contributed by atoms with E-state index in [1.165, 1.54) is 0 Å². The van der Waals surface area contributed by atoms with Gasteiger partial charge in [-0.2, -0.15) is 9.97 Å². The molecule has 3 rings (SSSR count). The van der Waals surface area contributed by atoms with Crippen LogP contribution in [0.2, 0.25) is 0 Å². The number of carbonyl (C=O) groups is 1. The van der Waals surface area contributed by atoms with Crippen molar-refractivity contribution in [3.63, 3.8) is 0 Å². The Labute approximate surface area is 197 Å². The van der Waals surface area contributed by atoms with Gasteiger partial charge in [0.05, 0.1) is 12.2 Å². The molecule has 34 heavy (non-hydrogen) atoms. The van der Waals surface area contributed by atoms with Crippen LogP contribution in [0.25, 0.3) is 23.0 Å². The van der Waals surface area contributed by atoms with Gasteiger partial charge in [0.15, 0.2) is 0 Å². The maximum absolute atomic E-state index is 10.9. The molecule has 3 aromatic rings. The summed E-state index contributed by atoms with van der Waals surface area (Å²) in [6, 6.07) is 5.64. The predicted octanol–water partition coefficient (Wildman–Crippen LogP) is 1.88. The minimum Gasteiger partial charge on any atom is -0.490 e. The van der Waals surface area contributed by atoms with Crippen LogP contribution in [0.5, 0.6) is 11.8 Å².